The number of Topliss-reactive ketones (excluding diaryl/α,β-unsaturated/α-hetero) is 1. The number of aromatic nitrogens is 1. The molecule has 2 aromatic rings. The van der Waals surface area contributed by atoms with E-state index in [1.807, 2.05) is 0 Å². The SMILES string of the molecule is O=C(CSc1ccc(F)cc1)Cc1ccncc1Cl. The van der Waals surface area contributed by atoms with Crippen LogP contribution in [0.15, 0.2) is 47.6 Å². The molecule has 1 aromatic heterocycles. The van der Waals surface area contributed by atoms with Crippen molar-refractivity contribution in [3.05, 3.63) is 59.1 Å². The summed E-state index contributed by atoms with van der Waals surface area (Å²) < 4.78 is 12.7. The van der Waals surface area contributed by atoms with Crippen LogP contribution in [0.2, 0.25) is 5.02 Å². The second kappa shape index (κ2) is 6.68. The Balaban J connectivity index is 1.88. The predicted octanol–water partition coefficient (Wildman–Crippen LogP) is 3.78. The second-order valence-corrected chi connectivity index (χ2v) is 5.38. The Morgan fingerprint density at radius 1 is 1.26 bits per heavy atom. The summed E-state index contributed by atoms with van der Waals surface area (Å²) in [6.07, 6.45) is 3.43. The lowest BCUT2D eigenvalue weighted by molar-refractivity contribution is -0.116. The van der Waals surface area contributed by atoms with Crippen LogP contribution in [0.3, 0.4) is 0 Å². The summed E-state index contributed by atoms with van der Waals surface area (Å²) in [6, 6.07) is 7.82. The van der Waals surface area contributed by atoms with Crippen molar-refractivity contribution in [3.8, 4) is 0 Å². The van der Waals surface area contributed by atoms with Crippen LogP contribution in [0, 0.1) is 5.82 Å². The summed E-state index contributed by atoms with van der Waals surface area (Å²) in [5.74, 6) is 0.131. The number of benzene rings is 1. The molecule has 0 aliphatic carbocycles. The third-order valence-corrected chi connectivity index (χ3v) is 3.87. The van der Waals surface area contributed by atoms with E-state index in [0.717, 1.165) is 10.5 Å². The van der Waals surface area contributed by atoms with E-state index in [4.69, 9.17) is 11.6 Å². The average Bonchev–Trinajstić information content (AvgIpc) is 2.41. The first kappa shape index (κ1) is 14.0. The van der Waals surface area contributed by atoms with Gasteiger partial charge in [0.25, 0.3) is 0 Å². The number of halogens is 2. The van der Waals surface area contributed by atoms with E-state index in [1.54, 1.807) is 24.4 Å². The first-order valence-electron chi connectivity index (χ1n) is 5.63. The van der Waals surface area contributed by atoms with Gasteiger partial charge in [0.2, 0.25) is 0 Å². The number of thioether (sulfide) groups is 1. The van der Waals surface area contributed by atoms with Crippen LogP contribution in [0.25, 0.3) is 0 Å². The molecule has 0 aliphatic rings. The van der Waals surface area contributed by atoms with Crippen molar-refractivity contribution in [1.29, 1.82) is 0 Å². The molecule has 0 unspecified atom stereocenters. The topological polar surface area (TPSA) is 30.0 Å². The van der Waals surface area contributed by atoms with Crippen LogP contribution < -0.4 is 0 Å². The van der Waals surface area contributed by atoms with Gasteiger partial charge in [-0.3, -0.25) is 9.78 Å². The molecule has 5 heteroatoms. The molecular formula is C14H11ClFNOS. The van der Waals surface area contributed by atoms with Gasteiger partial charge >= 0.3 is 0 Å². The lowest BCUT2D eigenvalue weighted by atomic mass is 10.1. The molecule has 0 saturated heterocycles. The summed E-state index contributed by atoms with van der Waals surface area (Å²) in [7, 11) is 0. The summed E-state index contributed by atoms with van der Waals surface area (Å²) in [4.78, 5) is 16.6. The monoisotopic (exact) mass is 295 g/mol. The number of carbonyl (C=O) groups excluding carboxylic acids is 1. The van der Waals surface area contributed by atoms with Gasteiger partial charge in [-0.15, -0.1) is 11.8 Å². The van der Waals surface area contributed by atoms with E-state index < -0.39 is 0 Å². The molecule has 0 bridgehead atoms. The molecule has 19 heavy (non-hydrogen) atoms. The summed E-state index contributed by atoms with van der Waals surface area (Å²) in [6.45, 7) is 0. The molecule has 0 amide bonds. The fraction of sp³-hybridized carbons (Fsp3) is 0.143. The van der Waals surface area contributed by atoms with Gasteiger partial charge in [-0.05, 0) is 35.9 Å². The van der Waals surface area contributed by atoms with E-state index in [1.165, 1.54) is 30.1 Å². The Labute approximate surface area is 120 Å². The predicted molar refractivity (Wildman–Crippen MR) is 75.1 cm³/mol. The molecule has 0 spiro atoms. The Morgan fingerprint density at radius 2 is 2.00 bits per heavy atom. The zero-order valence-corrected chi connectivity index (χ0v) is 11.5. The molecule has 2 rings (SSSR count). The zero-order chi connectivity index (χ0) is 13.7. The summed E-state index contributed by atoms with van der Waals surface area (Å²) >= 11 is 7.33. The fourth-order valence-electron chi connectivity index (χ4n) is 1.51. The molecule has 98 valence electrons. The van der Waals surface area contributed by atoms with Crippen molar-refractivity contribution >= 4 is 29.1 Å². The third-order valence-electron chi connectivity index (χ3n) is 2.46. The van der Waals surface area contributed by atoms with Crippen LogP contribution in [0.5, 0.6) is 0 Å². The highest BCUT2D eigenvalue weighted by Gasteiger charge is 2.08. The molecule has 1 aromatic carbocycles. The van der Waals surface area contributed by atoms with E-state index >= 15 is 0 Å². The smallest absolute Gasteiger partial charge is 0.147 e. The van der Waals surface area contributed by atoms with Crippen molar-refractivity contribution in [1.82, 2.24) is 4.98 Å². The molecular weight excluding hydrogens is 285 g/mol. The number of pyridine rings is 1. The van der Waals surface area contributed by atoms with E-state index in [0.29, 0.717) is 10.8 Å². The Morgan fingerprint density at radius 3 is 2.68 bits per heavy atom. The highest BCUT2D eigenvalue weighted by Crippen LogP contribution is 2.20. The molecule has 0 aliphatic heterocycles. The number of hydrogen-bond acceptors (Lipinski definition) is 3. The first-order chi connectivity index (χ1) is 9.15. The maximum absolute atomic E-state index is 12.7. The molecule has 0 fully saturated rings. The van der Waals surface area contributed by atoms with E-state index in [9.17, 15) is 9.18 Å². The zero-order valence-electron chi connectivity index (χ0n) is 9.98. The van der Waals surface area contributed by atoms with Crippen LogP contribution in [0.4, 0.5) is 4.39 Å². The van der Waals surface area contributed by atoms with Crippen LogP contribution in [0.1, 0.15) is 5.56 Å². The molecule has 0 saturated carbocycles. The average molecular weight is 296 g/mol. The number of carbonyl (C=O) groups is 1. The fourth-order valence-corrected chi connectivity index (χ4v) is 2.45. The minimum absolute atomic E-state index is 0.0717. The standard InChI is InChI=1S/C14H11ClFNOS/c15-14-8-17-6-5-10(14)7-12(18)9-19-13-3-1-11(16)2-4-13/h1-6,8H,7,9H2. The van der Waals surface area contributed by atoms with Gasteiger partial charge < -0.3 is 0 Å². The van der Waals surface area contributed by atoms with Gasteiger partial charge in [0.05, 0.1) is 10.8 Å². The highest BCUT2D eigenvalue weighted by atomic mass is 35.5. The van der Waals surface area contributed by atoms with Gasteiger partial charge in [0, 0.05) is 23.7 Å². The first-order valence-corrected chi connectivity index (χ1v) is 7.00. The number of nitrogens with zero attached hydrogens (tertiary/aromatic N) is 1. The van der Waals surface area contributed by atoms with Crippen molar-refractivity contribution in [3.63, 3.8) is 0 Å². The van der Waals surface area contributed by atoms with Gasteiger partial charge in [-0.2, -0.15) is 0 Å². The van der Waals surface area contributed by atoms with Crippen molar-refractivity contribution in [2.75, 3.05) is 5.75 Å². The lowest BCUT2D eigenvalue weighted by Crippen LogP contribution is -2.06. The quantitative estimate of drug-likeness (QED) is 0.786. The summed E-state index contributed by atoms with van der Waals surface area (Å²) in [5, 5.41) is 0.502. The molecule has 0 radical (unpaired) electrons. The molecule has 0 N–H and O–H groups in total. The summed E-state index contributed by atoms with van der Waals surface area (Å²) in [5.41, 5.74) is 0.779. The third kappa shape index (κ3) is 4.33. The maximum Gasteiger partial charge on any atom is 0.147 e. The Hall–Kier alpha value is -1.39. The maximum atomic E-state index is 12.7. The normalized spacial score (nSPS) is 10.4. The van der Waals surface area contributed by atoms with E-state index in [-0.39, 0.29) is 18.0 Å². The lowest BCUT2D eigenvalue weighted by Gasteiger charge is -2.03. The van der Waals surface area contributed by atoms with Crippen molar-refractivity contribution < 1.29 is 9.18 Å². The molecule has 2 nitrogen and oxygen atoms in total. The molecule has 0 atom stereocenters. The minimum atomic E-state index is -0.278. The largest absolute Gasteiger partial charge is 0.298 e. The van der Waals surface area contributed by atoms with Crippen molar-refractivity contribution in [2.24, 2.45) is 0 Å². The van der Waals surface area contributed by atoms with Crippen LogP contribution in [-0.4, -0.2) is 16.5 Å². The number of rotatable bonds is 5. The second-order valence-electron chi connectivity index (χ2n) is 3.93. The number of ketones is 1. The minimum Gasteiger partial charge on any atom is -0.298 e. The Bertz CT molecular complexity index is 574. The van der Waals surface area contributed by atoms with Gasteiger partial charge in [-0.25, -0.2) is 4.39 Å². The van der Waals surface area contributed by atoms with Gasteiger partial charge in [-0.1, -0.05) is 11.6 Å². The van der Waals surface area contributed by atoms with Gasteiger partial charge in [0.15, 0.2) is 0 Å². The van der Waals surface area contributed by atoms with E-state index in [2.05, 4.69) is 4.98 Å². The van der Waals surface area contributed by atoms with Gasteiger partial charge in [0.1, 0.15) is 11.6 Å². The Kier molecular flexibility index (Phi) is 4.93. The van der Waals surface area contributed by atoms with Crippen LogP contribution >= 0.6 is 23.4 Å². The highest BCUT2D eigenvalue weighted by molar-refractivity contribution is 8.00. The van der Waals surface area contributed by atoms with Crippen LogP contribution in [-0.2, 0) is 11.2 Å². The number of hydrogen-bond donors (Lipinski definition) is 0. The van der Waals surface area contributed by atoms with Crippen molar-refractivity contribution in [2.45, 2.75) is 11.3 Å². The molecule has 1 heterocycles.